The minimum Gasteiger partial charge on any atom is -0.438 e. The van der Waals surface area contributed by atoms with Crippen LogP contribution in [0.5, 0.6) is 0 Å². The molecule has 0 aliphatic carbocycles. The third kappa shape index (κ3) is 2.27. The van der Waals surface area contributed by atoms with E-state index in [2.05, 4.69) is 31.2 Å². The lowest BCUT2D eigenvalue weighted by Crippen LogP contribution is -2.13. The Hall–Kier alpha value is -1.69. The molecule has 0 fully saturated rings. The van der Waals surface area contributed by atoms with Gasteiger partial charge in [0.25, 0.3) is 5.91 Å². The van der Waals surface area contributed by atoms with Gasteiger partial charge in [0.2, 0.25) is 5.76 Å². The summed E-state index contributed by atoms with van der Waals surface area (Å²) in [6.07, 6.45) is 2.84. The molecule has 6 heteroatoms. The number of aryl methyl sites for hydroxylation is 1. The molecule has 82 valence electrons. The van der Waals surface area contributed by atoms with Crippen molar-refractivity contribution in [3.05, 3.63) is 40.7 Å². The van der Waals surface area contributed by atoms with Crippen molar-refractivity contribution < 1.29 is 9.21 Å². The van der Waals surface area contributed by atoms with Crippen molar-refractivity contribution >= 4 is 27.7 Å². The molecule has 2 rings (SSSR count). The predicted octanol–water partition coefficient (Wildman–Crippen LogP) is 2.39. The lowest BCUT2D eigenvalue weighted by atomic mass is 10.3. The summed E-state index contributed by atoms with van der Waals surface area (Å²) >= 11 is 3.26. The zero-order chi connectivity index (χ0) is 11.5. The van der Waals surface area contributed by atoms with Gasteiger partial charge in [-0.2, -0.15) is 0 Å². The molecular weight excluding hydrogens is 274 g/mol. The highest BCUT2D eigenvalue weighted by atomic mass is 79.9. The molecule has 2 aromatic rings. The monoisotopic (exact) mass is 281 g/mol. The van der Waals surface area contributed by atoms with Crippen molar-refractivity contribution in [3.8, 4) is 0 Å². The van der Waals surface area contributed by atoms with Crippen LogP contribution >= 0.6 is 15.9 Å². The fraction of sp³-hybridized carbons (Fsp3) is 0.100. The molecule has 0 radical (unpaired) electrons. The quantitative estimate of drug-likeness (QED) is 0.918. The largest absolute Gasteiger partial charge is 0.438 e. The molecule has 0 atom stereocenters. The first-order valence-electron chi connectivity index (χ1n) is 4.50. The molecule has 0 bridgehead atoms. The third-order valence-corrected chi connectivity index (χ3v) is 2.39. The van der Waals surface area contributed by atoms with Crippen molar-refractivity contribution in [2.45, 2.75) is 6.92 Å². The first-order valence-corrected chi connectivity index (χ1v) is 5.29. The molecule has 2 aromatic heterocycles. The first kappa shape index (κ1) is 10.8. The van der Waals surface area contributed by atoms with Crippen LogP contribution in [0.2, 0.25) is 0 Å². The summed E-state index contributed by atoms with van der Waals surface area (Å²) in [7, 11) is 0. The van der Waals surface area contributed by atoms with Crippen LogP contribution in [0.3, 0.4) is 0 Å². The molecule has 0 aliphatic rings. The molecule has 0 spiro atoms. The highest BCUT2D eigenvalue weighted by Gasteiger charge is 2.14. The molecule has 1 amide bonds. The Balaban J connectivity index is 2.14. The van der Waals surface area contributed by atoms with Gasteiger partial charge in [0.05, 0.1) is 5.69 Å². The van der Waals surface area contributed by atoms with Crippen molar-refractivity contribution in [2.24, 2.45) is 0 Å². The van der Waals surface area contributed by atoms with Crippen LogP contribution in [0.1, 0.15) is 16.2 Å². The van der Waals surface area contributed by atoms with Gasteiger partial charge in [0, 0.05) is 10.7 Å². The molecular formula is C10H8BrN3O2. The van der Waals surface area contributed by atoms with Crippen molar-refractivity contribution in [1.29, 1.82) is 0 Å². The fourth-order valence-electron chi connectivity index (χ4n) is 1.14. The number of aromatic nitrogens is 2. The third-order valence-electron chi connectivity index (χ3n) is 1.92. The number of pyridine rings is 1. The number of halogens is 1. The van der Waals surface area contributed by atoms with Gasteiger partial charge in [-0.15, -0.1) is 0 Å². The van der Waals surface area contributed by atoms with Crippen LogP contribution in [-0.2, 0) is 0 Å². The van der Waals surface area contributed by atoms with Crippen molar-refractivity contribution in [2.75, 3.05) is 5.32 Å². The second-order valence-electron chi connectivity index (χ2n) is 3.08. The molecule has 1 N–H and O–H groups in total. The van der Waals surface area contributed by atoms with Crippen LogP contribution < -0.4 is 5.32 Å². The summed E-state index contributed by atoms with van der Waals surface area (Å²) < 4.78 is 5.81. The maximum Gasteiger partial charge on any atom is 0.294 e. The number of rotatable bonds is 2. The van der Waals surface area contributed by atoms with E-state index in [1.54, 1.807) is 25.3 Å². The summed E-state index contributed by atoms with van der Waals surface area (Å²) in [5.74, 6) is 0.304. The Morgan fingerprint density at radius 1 is 1.44 bits per heavy atom. The van der Waals surface area contributed by atoms with Crippen LogP contribution in [0.15, 0.2) is 33.6 Å². The summed E-state index contributed by atoms with van der Waals surface area (Å²) in [5.41, 5.74) is 0.551. The molecule has 16 heavy (non-hydrogen) atoms. The Kier molecular flexibility index (Phi) is 3.00. The topological polar surface area (TPSA) is 68.0 Å². The smallest absolute Gasteiger partial charge is 0.294 e. The van der Waals surface area contributed by atoms with E-state index in [0.717, 1.165) is 4.47 Å². The molecule has 2 heterocycles. The lowest BCUT2D eigenvalue weighted by molar-refractivity contribution is 0.0995. The highest BCUT2D eigenvalue weighted by molar-refractivity contribution is 9.10. The van der Waals surface area contributed by atoms with E-state index in [-0.39, 0.29) is 11.7 Å². The van der Waals surface area contributed by atoms with Gasteiger partial charge in [0.15, 0.2) is 6.39 Å². The highest BCUT2D eigenvalue weighted by Crippen LogP contribution is 2.12. The Morgan fingerprint density at radius 3 is 2.81 bits per heavy atom. The second-order valence-corrected chi connectivity index (χ2v) is 4.00. The van der Waals surface area contributed by atoms with Gasteiger partial charge in [-0.3, -0.25) is 4.79 Å². The Bertz CT molecular complexity index is 507. The van der Waals surface area contributed by atoms with E-state index in [1.807, 2.05) is 0 Å². The number of anilines is 1. The molecule has 0 aliphatic heterocycles. The average Bonchev–Trinajstić information content (AvgIpc) is 2.68. The first-order chi connectivity index (χ1) is 7.66. The number of hydrogen-bond donors (Lipinski definition) is 1. The summed E-state index contributed by atoms with van der Waals surface area (Å²) in [6.45, 7) is 1.70. The number of amides is 1. The number of nitrogens with zero attached hydrogens (tertiary/aromatic N) is 2. The van der Waals surface area contributed by atoms with E-state index in [1.165, 1.54) is 6.39 Å². The van der Waals surface area contributed by atoms with Crippen LogP contribution in [0.25, 0.3) is 0 Å². The zero-order valence-electron chi connectivity index (χ0n) is 8.40. The Labute approximate surface area is 100 Å². The molecule has 0 unspecified atom stereocenters. The summed E-state index contributed by atoms with van der Waals surface area (Å²) in [5, 5.41) is 2.61. The van der Waals surface area contributed by atoms with E-state index in [0.29, 0.717) is 11.5 Å². The van der Waals surface area contributed by atoms with Gasteiger partial charge in [-0.1, -0.05) is 0 Å². The molecule has 0 saturated carbocycles. The second kappa shape index (κ2) is 4.44. The predicted molar refractivity (Wildman–Crippen MR) is 61.1 cm³/mol. The molecule has 0 aromatic carbocycles. The minimum atomic E-state index is -0.357. The molecule has 5 nitrogen and oxygen atoms in total. The van der Waals surface area contributed by atoms with Crippen LogP contribution in [0.4, 0.5) is 5.82 Å². The van der Waals surface area contributed by atoms with E-state index in [9.17, 15) is 4.79 Å². The number of carbonyl (C=O) groups excluding carboxylic acids is 1. The van der Waals surface area contributed by atoms with E-state index < -0.39 is 0 Å². The maximum absolute atomic E-state index is 11.7. The number of hydrogen-bond acceptors (Lipinski definition) is 4. The lowest BCUT2D eigenvalue weighted by Gasteiger charge is -2.01. The van der Waals surface area contributed by atoms with Gasteiger partial charge in [-0.05, 0) is 35.0 Å². The van der Waals surface area contributed by atoms with E-state index >= 15 is 0 Å². The minimum absolute atomic E-state index is 0.199. The normalized spacial score (nSPS) is 10.1. The zero-order valence-corrected chi connectivity index (χ0v) is 9.98. The van der Waals surface area contributed by atoms with Crippen LogP contribution in [-0.4, -0.2) is 15.9 Å². The number of carbonyl (C=O) groups is 1. The average molecular weight is 282 g/mol. The maximum atomic E-state index is 11.7. The number of nitrogens with one attached hydrogen (secondary N) is 1. The number of oxazole rings is 1. The van der Waals surface area contributed by atoms with Gasteiger partial charge >= 0.3 is 0 Å². The summed E-state index contributed by atoms with van der Waals surface area (Å²) in [4.78, 5) is 19.5. The van der Waals surface area contributed by atoms with Gasteiger partial charge in [0.1, 0.15) is 5.82 Å². The standard InChI is InChI=1S/C10H8BrN3O2/c1-6-9(16-5-13-6)10(15)14-8-3-2-7(11)4-12-8/h2-5H,1H3,(H,12,14,15). The Morgan fingerprint density at radius 2 is 2.25 bits per heavy atom. The van der Waals surface area contributed by atoms with Gasteiger partial charge in [-0.25, -0.2) is 9.97 Å². The SMILES string of the molecule is Cc1ncoc1C(=O)Nc1ccc(Br)cn1. The van der Waals surface area contributed by atoms with E-state index in [4.69, 9.17) is 4.42 Å². The van der Waals surface area contributed by atoms with Gasteiger partial charge < -0.3 is 9.73 Å². The van der Waals surface area contributed by atoms with Crippen molar-refractivity contribution in [3.63, 3.8) is 0 Å². The molecule has 0 saturated heterocycles. The van der Waals surface area contributed by atoms with Crippen LogP contribution in [0, 0.1) is 6.92 Å². The van der Waals surface area contributed by atoms with Crippen molar-refractivity contribution in [1.82, 2.24) is 9.97 Å². The fourth-order valence-corrected chi connectivity index (χ4v) is 1.38. The summed E-state index contributed by atoms with van der Waals surface area (Å²) in [6, 6.07) is 3.48.